The first-order valence-electron chi connectivity index (χ1n) is 7.67. The zero-order valence-corrected chi connectivity index (χ0v) is 14.0. The monoisotopic (exact) mass is 350 g/mol. The van der Waals surface area contributed by atoms with Gasteiger partial charge in [-0.05, 0) is 35.7 Å². The molecule has 0 aliphatic heterocycles. The van der Waals surface area contributed by atoms with Gasteiger partial charge in [0.05, 0.1) is 7.11 Å². The molecule has 0 saturated carbocycles. The first kappa shape index (κ1) is 18.5. The van der Waals surface area contributed by atoms with Gasteiger partial charge in [0.1, 0.15) is 0 Å². The number of nitrogens with one attached hydrogen (secondary N) is 2. The van der Waals surface area contributed by atoms with Gasteiger partial charge in [0.2, 0.25) is 0 Å². The van der Waals surface area contributed by atoms with E-state index < -0.39 is 6.61 Å². The number of benzene rings is 2. The third-order valence-corrected chi connectivity index (χ3v) is 3.60. The van der Waals surface area contributed by atoms with E-state index in [1.54, 1.807) is 6.07 Å². The zero-order chi connectivity index (χ0) is 18.2. The quantitative estimate of drug-likeness (QED) is 0.802. The molecule has 0 aliphatic rings. The van der Waals surface area contributed by atoms with Crippen LogP contribution < -0.4 is 20.1 Å². The molecule has 134 valence electrons. The summed E-state index contributed by atoms with van der Waals surface area (Å²) in [6.45, 7) is -0.407. The maximum atomic E-state index is 12.4. The molecule has 0 spiro atoms. The minimum Gasteiger partial charge on any atom is -0.493 e. The molecule has 0 bridgehead atoms. The first-order valence-corrected chi connectivity index (χ1v) is 7.67. The van der Waals surface area contributed by atoms with Crippen molar-refractivity contribution in [3.05, 3.63) is 59.2 Å². The van der Waals surface area contributed by atoms with Crippen LogP contribution in [0.4, 0.5) is 13.6 Å². The molecule has 2 N–H and O–H groups in total. The molecular formula is C18H20F2N2O3. The molecule has 2 amide bonds. The second-order valence-corrected chi connectivity index (χ2v) is 5.33. The summed E-state index contributed by atoms with van der Waals surface area (Å²) in [5, 5.41) is 5.43. The van der Waals surface area contributed by atoms with E-state index in [9.17, 15) is 13.6 Å². The molecule has 0 fully saturated rings. The molecule has 2 aromatic carbocycles. The molecule has 2 rings (SSSR count). The predicted molar refractivity (Wildman–Crippen MR) is 89.9 cm³/mol. The van der Waals surface area contributed by atoms with Gasteiger partial charge in [0.25, 0.3) is 0 Å². The Kier molecular flexibility index (Phi) is 6.56. The molecule has 0 heterocycles. The van der Waals surface area contributed by atoms with Crippen LogP contribution in [0.5, 0.6) is 11.5 Å². The minimum atomic E-state index is -2.95. The summed E-state index contributed by atoms with van der Waals surface area (Å²) in [5.74, 6) is 0.130. The third-order valence-electron chi connectivity index (χ3n) is 3.60. The van der Waals surface area contributed by atoms with E-state index in [2.05, 4.69) is 15.4 Å². The van der Waals surface area contributed by atoms with Crippen LogP contribution in [0.25, 0.3) is 0 Å². The number of halogens is 2. The van der Waals surface area contributed by atoms with E-state index in [0.29, 0.717) is 12.1 Å². The normalized spacial score (nSPS) is 10.4. The van der Waals surface area contributed by atoms with Gasteiger partial charge in [-0.2, -0.15) is 8.78 Å². The van der Waals surface area contributed by atoms with E-state index in [1.165, 1.54) is 19.2 Å². The van der Waals surface area contributed by atoms with Crippen molar-refractivity contribution >= 4 is 6.03 Å². The third kappa shape index (κ3) is 5.63. The highest BCUT2D eigenvalue weighted by atomic mass is 19.3. The summed E-state index contributed by atoms with van der Waals surface area (Å²) in [5.41, 5.74) is 2.73. The Balaban J connectivity index is 1.89. The summed E-state index contributed by atoms with van der Waals surface area (Å²) in [4.78, 5) is 11.9. The maximum absolute atomic E-state index is 12.4. The second kappa shape index (κ2) is 8.86. The fourth-order valence-corrected chi connectivity index (χ4v) is 2.25. The van der Waals surface area contributed by atoms with Crippen molar-refractivity contribution in [3.63, 3.8) is 0 Å². The van der Waals surface area contributed by atoms with E-state index in [0.717, 1.165) is 11.1 Å². The van der Waals surface area contributed by atoms with E-state index in [1.807, 2.05) is 31.2 Å². The molecule has 25 heavy (non-hydrogen) atoms. The smallest absolute Gasteiger partial charge is 0.387 e. The lowest BCUT2D eigenvalue weighted by atomic mass is 10.1. The maximum Gasteiger partial charge on any atom is 0.387 e. The molecular weight excluding hydrogens is 330 g/mol. The molecule has 0 saturated heterocycles. The molecule has 2 aromatic rings. The van der Waals surface area contributed by atoms with Crippen molar-refractivity contribution in [2.45, 2.75) is 26.6 Å². The highest BCUT2D eigenvalue weighted by Gasteiger charge is 2.11. The molecule has 7 heteroatoms. The van der Waals surface area contributed by atoms with Gasteiger partial charge in [-0.25, -0.2) is 4.79 Å². The van der Waals surface area contributed by atoms with Gasteiger partial charge in [-0.15, -0.1) is 0 Å². The number of amides is 2. The summed E-state index contributed by atoms with van der Waals surface area (Å²) in [6, 6.07) is 12.0. The average molecular weight is 350 g/mol. The Morgan fingerprint density at radius 3 is 2.48 bits per heavy atom. The molecule has 0 atom stereocenters. The number of carbonyl (C=O) groups is 1. The van der Waals surface area contributed by atoms with Gasteiger partial charge < -0.3 is 20.1 Å². The second-order valence-electron chi connectivity index (χ2n) is 5.33. The van der Waals surface area contributed by atoms with Gasteiger partial charge in [-0.1, -0.05) is 30.3 Å². The van der Waals surface area contributed by atoms with Crippen LogP contribution in [0.2, 0.25) is 0 Å². The van der Waals surface area contributed by atoms with Crippen LogP contribution in [0, 0.1) is 6.92 Å². The highest BCUT2D eigenvalue weighted by molar-refractivity contribution is 5.73. The van der Waals surface area contributed by atoms with Gasteiger partial charge >= 0.3 is 12.6 Å². The van der Waals surface area contributed by atoms with Crippen LogP contribution in [0.3, 0.4) is 0 Å². The Bertz CT molecular complexity index is 723. The summed E-state index contributed by atoms with van der Waals surface area (Å²) in [7, 11) is 1.37. The highest BCUT2D eigenvalue weighted by Crippen LogP contribution is 2.29. The minimum absolute atomic E-state index is 0.0721. The molecule has 5 nitrogen and oxygen atoms in total. The number of rotatable bonds is 7. The van der Waals surface area contributed by atoms with Gasteiger partial charge in [-0.3, -0.25) is 0 Å². The number of carbonyl (C=O) groups excluding carboxylic acids is 1. The number of aryl methyl sites for hydroxylation is 1. The number of alkyl halides is 2. The lowest BCUT2D eigenvalue weighted by molar-refractivity contribution is -0.0512. The van der Waals surface area contributed by atoms with Crippen molar-refractivity contribution in [1.82, 2.24) is 10.6 Å². The van der Waals surface area contributed by atoms with Crippen LogP contribution in [0.15, 0.2) is 42.5 Å². The Labute approximate surface area is 144 Å². The summed E-state index contributed by atoms with van der Waals surface area (Å²) >= 11 is 0. The van der Waals surface area contributed by atoms with Crippen LogP contribution in [0.1, 0.15) is 16.7 Å². The van der Waals surface area contributed by atoms with Gasteiger partial charge in [0, 0.05) is 13.1 Å². The summed E-state index contributed by atoms with van der Waals surface area (Å²) in [6.07, 6.45) is 0. The number of ether oxygens (including phenoxy) is 2. The molecule has 0 unspecified atom stereocenters. The van der Waals surface area contributed by atoms with Gasteiger partial charge in [0.15, 0.2) is 11.5 Å². The molecule has 0 aliphatic carbocycles. The Morgan fingerprint density at radius 1 is 1.08 bits per heavy atom. The van der Waals surface area contributed by atoms with Crippen molar-refractivity contribution in [1.29, 1.82) is 0 Å². The largest absolute Gasteiger partial charge is 0.493 e. The first-order chi connectivity index (χ1) is 12.0. The molecule has 0 radical (unpaired) electrons. The number of methoxy groups -OCH3 is 1. The number of urea groups is 1. The topological polar surface area (TPSA) is 59.6 Å². The van der Waals surface area contributed by atoms with E-state index in [4.69, 9.17) is 4.74 Å². The van der Waals surface area contributed by atoms with Crippen LogP contribution >= 0.6 is 0 Å². The lowest BCUT2D eigenvalue weighted by Crippen LogP contribution is -2.34. The fourth-order valence-electron chi connectivity index (χ4n) is 2.25. The predicted octanol–water partition coefficient (Wildman–Crippen LogP) is 3.60. The summed E-state index contributed by atoms with van der Waals surface area (Å²) < 4.78 is 34.2. The van der Waals surface area contributed by atoms with Crippen molar-refractivity contribution in [2.75, 3.05) is 7.11 Å². The van der Waals surface area contributed by atoms with E-state index in [-0.39, 0.29) is 24.1 Å². The average Bonchev–Trinajstić information content (AvgIpc) is 2.59. The Hall–Kier alpha value is -2.83. The SMILES string of the molecule is COc1ccc(CNC(=O)NCc2ccccc2C)cc1OC(F)F. The van der Waals surface area contributed by atoms with E-state index >= 15 is 0 Å². The molecule has 0 aromatic heterocycles. The van der Waals surface area contributed by atoms with Crippen molar-refractivity contribution in [2.24, 2.45) is 0 Å². The zero-order valence-electron chi connectivity index (χ0n) is 14.0. The fraction of sp³-hybridized carbons (Fsp3) is 0.278. The van der Waals surface area contributed by atoms with Crippen LogP contribution in [-0.2, 0) is 13.1 Å². The Morgan fingerprint density at radius 2 is 1.80 bits per heavy atom. The lowest BCUT2D eigenvalue weighted by Gasteiger charge is -2.12. The van der Waals surface area contributed by atoms with Crippen molar-refractivity contribution < 1.29 is 23.0 Å². The standard InChI is InChI=1S/C18H20F2N2O3/c1-12-5-3-4-6-14(12)11-22-18(23)21-10-13-7-8-15(24-2)16(9-13)25-17(19)20/h3-9,17H,10-11H2,1-2H3,(H2,21,22,23). The van der Waals surface area contributed by atoms with Crippen LogP contribution in [-0.4, -0.2) is 19.8 Å². The number of hydrogen-bond acceptors (Lipinski definition) is 3. The van der Waals surface area contributed by atoms with Crippen molar-refractivity contribution in [3.8, 4) is 11.5 Å². The number of hydrogen-bond donors (Lipinski definition) is 2.